The first-order valence-electron chi connectivity index (χ1n) is 8.68. The van der Waals surface area contributed by atoms with Gasteiger partial charge in [-0.3, -0.25) is 0 Å². The second kappa shape index (κ2) is 7.76. The molecule has 0 N–H and O–H groups in total. The molecule has 3 aromatic carbocycles. The van der Waals surface area contributed by atoms with E-state index in [2.05, 4.69) is 0 Å². The molecule has 130 valence electrons. The molecule has 0 bridgehead atoms. The fourth-order valence-electron chi connectivity index (χ4n) is 3.40. The monoisotopic (exact) mass is 361 g/mol. The van der Waals surface area contributed by atoms with E-state index in [1.54, 1.807) is 0 Å². The summed E-state index contributed by atoms with van der Waals surface area (Å²) >= 11 is 0. The van der Waals surface area contributed by atoms with Crippen molar-refractivity contribution in [2.75, 3.05) is 0 Å². The van der Waals surface area contributed by atoms with E-state index in [0.29, 0.717) is 17.3 Å². The fourth-order valence-corrected chi connectivity index (χ4v) is 4.81. The number of hydrogen-bond donors (Lipinski definition) is 0. The lowest BCUT2D eigenvalue weighted by Crippen LogP contribution is -2.12. The van der Waals surface area contributed by atoms with Crippen LogP contribution in [0.4, 0.5) is 0 Å². The van der Waals surface area contributed by atoms with E-state index >= 15 is 0 Å². The first-order valence-corrected chi connectivity index (χ1v) is 9.94. The summed E-state index contributed by atoms with van der Waals surface area (Å²) in [5.41, 5.74) is 5.26. The van der Waals surface area contributed by atoms with Crippen molar-refractivity contribution in [3.05, 3.63) is 100 Å². The molecule has 0 spiro atoms. The molecular formula is C23H22O2P+. The van der Waals surface area contributed by atoms with Crippen LogP contribution in [0.2, 0.25) is 0 Å². The second-order valence-electron chi connectivity index (χ2n) is 6.66. The summed E-state index contributed by atoms with van der Waals surface area (Å²) in [6.07, 6.45) is 0.664. The van der Waals surface area contributed by atoms with Gasteiger partial charge in [0.1, 0.15) is 0 Å². The molecule has 3 heteroatoms. The Kier molecular flexibility index (Phi) is 5.44. The van der Waals surface area contributed by atoms with Gasteiger partial charge in [0.2, 0.25) is 5.30 Å². The maximum absolute atomic E-state index is 13.1. The molecule has 0 aromatic heterocycles. The van der Waals surface area contributed by atoms with Gasteiger partial charge in [0.05, 0.1) is 5.56 Å². The SMILES string of the molecule is Cc1cc(C)c(C(=O)[P+](=O)c2ccccc2Cc2ccccc2)c(C)c1. The van der Waals surface area contributed by atoms with Crippen molar-refractivity contribution in [1.82, 2.24) is 0 Å². The summed E-state index contributed by atoms with van der Waals surface area (Å²) in [4.78, 5) is 13.0. The summed E-state index contributed by atoms with van der Waals surface area (Å²) in [6.45, 7) is 5.82. The highest BCUT2D eigenvalue weighted by molar-refractivity contribution is 7.71. The number of rotatable bonds is 5. The van der Waals surface area contributed by atoms with Gasteiger partial charge in [-0.15, -0.1) is 0 Å². The average molecular weight is 361 g/mol. The lowest BCUT2D eigenvalue weighted by Gasteiger charge is -2.06. The van der Waals surface area contributed by atoms with E-state index in [0.717, 1.165) is 27.8 Å². The highest BCUT2D eigenvalue weighted by atomic mass is 31.1. The van der Waals surface area contributed by atoms with Crippen LogP contribution in [-0.2, 0) is 11.0 Å². The lowest BCUT2D eigenvalue weighted by molar-refractivity contribution is 0.107. The molecule has 0 saturated carbocycles. The minimum atomic E-state index is -2.16. The Bertz CT molecular complexity index is 952. The Morgan fingerprint density at radius 2 is 1.42 bits per heavy atom. The van der Waals surface area contributed by atoms with E-state index in [1.165, 1.54) is 0 Å². The quantitative estimate of drug-likeness (QED) is 0.563. The van der Waals surface area contributed by atoms with Gasteiger partial charge >= 0.3 is 13.3 Å². The predicted molar refractivity (Wildman–Crippen MR) is 108 cm³/mol. The molecule has 3 aromatic rings. The molecule has 0 amide bonds. The normalized spacial score (nSPS) is 11.3. The van der Waals surface area contributed by atoms with Gasteiger partial charge in [0.25, 0.3) is 0 Å². The molecular weight excluding hydrogens is 339 g/mol. The molecule has 0 aliphatic heterocycles. The van der Waals surface area contributed by atoms with Gasteiger partial charge in [-0.05, 0) is 43.5 Å². The summed E-state index contributed by atoms with van der Waals surface area (Å²) in [5, 5.41) is 0.635. The van der Waals surface area contributed by atoms with Crippen LogP contribution in [0.1, 0.15) is 38.2 Å². The third-order valence-electron chi connectivity index (χ3n) is 4.52. The maximum Gasteiger partial charge on any atom is 0.458 e. The highest BCUT2D eigenvalue weighted by Gasteiger charge is 2.36. The van der Waals surface area contributed by atoms with Crippen LogP contribution < -0.4 is 5.30 Å². The molecule has 0 aliphatic rings. The number of benzene rings is 3. The van der Waals surface area contributed by atoms with Crippen LogP contribution in [0.15, 0.2) is 66.7 Å². The zero-order valence-corrected chi connectivity index (χ0v) is 16.2. The number of hydrogen-bond acceptors (Lipinski definition) is 2. The van der Waals surface area contributed by atoms with E-state index < -0.39 is 7.80 Å². The van der Waals surface area contributed by atoms with Crippen molar-refractivity contribution < 1.29 is 9.36 Å². The molecule has 3 rings (SSSR count). The molecule has 1 atom stereocenters. The van der Waals surface area contributed by atoms with Crippen molar-refractivity contribution in [2.24, 2.45) is 0 Å². The van der Waals surface area contributed by atoms with Crippen molar-refractivity contribution in [2.45, 2.75) is 27.2 Å². The summed E-state index contributed by atoms with van der Waals surface area (Å²) < 4.78 is 13.1. The lowest BCUT2D eigenvalue weighted by atomic mass is 10.0. The Hall–Kier alpha value is -2.57. The van der Waals surface area contributed by atoms with E-state index in [9.17, 15) is 9.36 Å². The Balaban J connectivity index is 1.97. The van der Waals surface area contributed by atoms with Gasteiger partial charge < -0.3 is 0 Å². The van der Waals surface area contributed by atoms with Gasteiger partial charge in [0.15, 0.2) is 0 Å². The third-order valence-corrected chi connectivity index (χ3v) is 5.99. The first kappa shape index (κ1) is 18.2. The Morgan fingerprint density at radius 1 is 0.846 bits per heavy atom. The number of aryl methyl sites for hydroxylation is 3. The van der Waals surface area contributed by atoms with Gasteiger partial charge in [0, 0.05) is 12.0 Å². The fraction of sp³-hybridized carbons (Fsp3) is 0.174. The third kappa shape index (κ3) is 3.81. The largest absolute Gasteiger partial charge is 0.458 e. The van der Waals surface area contributed by atoms with Crippen molar-refractivity contribution in [3.63, 3.8) is 0 Å². The van der Waals surface area contributed by atoms with E-state index in [-0.39, 0.29) is 5.52 Å². The van der Waals surface area contributed by atoms with Crippen LogP contribution in [0, 0.1) is 20.8 Å². The zero-order chi connectivity index (χ0) is 18.7. The van der Waals surface area contributed by atoms with Gasteiger partial charge in [-0.25, -0.2) is 4.79 Å². The maximum atomic E-state index is 13.1. The topological polar surface area (TPSA) is 34.1 Å². The van der Waals surface area contributed by atoms with Crippen LogP contribution in [0.25, 0.3) is 0 Å². The Morgan fingerprint density at radius 3 is 2.08 bits per heavy atom. The van der Waals surface area contributed by atoms with Crippen molar-refractivity contribution in [3.8, 4) is 0 Å². The molecule has 2 nitrogen and oxygen atoms in total. The first-order chi connectivity index (χ1) is 12.5. The number of carbonyl (C=O) groups excluding carboxylic acids is 1. The van der Waals surface area contributed by atoms with Crippen LogP contribution in [-0.4, -0.2) is 5.52 Å². The van der Waals surface area contributed by atoms with Crippen molar-refractivity contribution >= 4 is 18.6 Å². The second-order valence-corrected chi connectivity index (χ2v) is 8.14. The molecule has 0 fully saturated rings. The Labute approximate surface area is 155 Å². The minimum Gasteiger partial charge on any atom is -0.234 e. The molecule has 0 radical (unpaired) electrons. The summed E-state index contributed by atoms with van der Waals surface area (Å²) in [6, 6.07) is 21.5. The minimum absolute atomic E-state index is 0.282. The van der Waals surface area contributed by atoms with E-state index in [1.807, 2.05) is 87.5 Å². The van der Waals surface area contributed by atoms with E-state index in [4.69, 9.17) is 0 Å². The molecule has 1 unspecified atom stereocenters. The van der Waals surface area contributed by atoms with Crippen LogP contribution in [0.5, 0.6) is 0 Å². The smallest absolute Gasteiger partial charge is 0.234 e. The molecule has 0 heterocycles. The molecule has 0 aliphatic carbocycles. The summed E-state index contributed by atoms with van der Waals surface area (Å²) in [5.74, 6) is 0. The average Bonchev–Trinajstić information content (AvgIpc) is 2.61. The van der Waals surface area contributed by atoms with Crippen LogP contribution >= 0.6 is 7.80 Å². The van der Waals surface area contributed by atoms with Crippen molar-refractivity contribution in [1.29, 1.82) is 0 Å². The summed E-state index contributed by atoms with van der Waals surface area (Å²) in [7, 11) is -2.16. The molecule has 26 heavy (non-hydrogen) atoms. The standard InChI is InChI=1S/C23H22O2P/c1-16-13-17(2)22(18(3)14-16)23(24)26(25)21-12-8-7-11-20(21)15-19-9-5-4-6-10-19/h4-14H,15H2,1-3H3/q+1. The predicted octanol–water partition coefficient (Wildman–Crippen LogP) is 5.50. The number of carbonyl (C=O) groups is 1. The zero-order valence-electron chi connectivity index (χ0n) is 15.3. The van der Waals surface area contributed by atoms with Crippen LogP contribution in [0.3, 0.4) is 0 Å². The molecule has 0 saturated heterocycles. The highest BCUT2D eigenvalue weighted by Crippen LogP contribution is 2.32. The van der Waals surface area contributed by atoms with Gasteiger partial charge in [-0.1, -0.05) is 70.8 Å². The van der Waals surface area contributed by atoms with Gasteiger partial charge in [-0.2, -0.15) is 0 Å².